The molecule has 0 aliphatic carbocycles. The molecule has 2 bridgehead atoms. The average Bonchev–Trinajstić information content (AvgIpc) is 2.90. The molecule has 0 spiro atoms. The Morgan fingerprint density at radius 1 is 1.35 bits per heavy atom. The predicted octanol–water partition coefficient (Wildman–Crippen LogP) is 2.03. The van der Waals surface area contributed by atoms with Crippen LogP contribution in [0.2, 0.25) is 0 Å². The van der Waals surface area contributed by atoms with Crippen molar-refractivity contribution >= 4 is 12.1 Å². The Hall–Kier alpha value is -1.73. The number of carboxylic acid groups (broad SMARTS) is 1. The highest BCUT2D eigenvalue weighted by atomic mass is 19.4. The monoisotopic (exact) mass is 293 g/mol. The van der Waals surface area contributed by atoms with Crippen molar-refractivity contribution < 1.29 is 32.6 Å². The lowest BCUT2D eigenvalue weighted by molar-refractivity contribution is -0.199. The van der Waals surface area contributed by atoms with E-state index in [2.05, 4.69) is 6.58 Å². The molecule has 2 saturated heterocycles. The topological polar surface area (TPSA) is 66.8 Å². The van der Waals surface area contributed by atoms with Crippen LogP contribution in [-0.2, 0) is 9.53 Å². The van der Waals surface area contributed by atoms with Crippen LogP contribution < -0.4 is 0 Å². The maximum absolute atomic E-state index is 13.1. The van der Waals surface area contributed by atoms with Crippen LogP contribution in [0.3, 0.4) is 0 Å². The standard InChI is InChI=1S/C12H14F3NO4/c1-2-5-20-11(19)16-6-3-4-7(16)9(12(13,14)15)8(6)10(17)18/h2,6-9H,1,3-5H2,(H,17,18)/t6-,7+,8-,9+/m0/s1. The SMILES string of the molecule is C=CCOC(=O)N1[C@@H]2CC[C@H]1[C@H](C(=O)O)[C@@H]2C(F)(F)F. The van der Waals surface area contributed by atoms with Crippen molar-refractivity contribution in [1.29, 1.82) is 0 Å². The molecule has 1 amide bonds. The van der Waals surface area contributed by atoms with Gasteiger partial charge in [0.25, 0.3) is 0 Å². The van der Waals surface area contributed by atoms with Crippen molar-refractivity contribution in [2.75, 3.05) is 6.61 Å². The van der Waals surface area contributed by atoms with E-state index in [-0.39, 0.29) is 19.4 Å². The van der Waals surface area contributed by atoms with Crippen LogP contribution in [0, 0.1) is 11.8 Å². The summed E-state index contributed by atoms with van der Waals surface area (Å²) < 4.78 is 43.9. The van der Waals surface area contributed by atoms with Crippen LogP contribution in [0.25, 0.3) is 0 Å². The van der Waals surface area contributed by atoms with Gasteiger partial charge in [0.05, 0.1) is 11.8 Å². The maximum Gasteiger partial charge on any atom is 0.410 e. The first kappa shape index (κ1) is 14.7. The van der Waals surface area contributed by atoms with Crippen LogP contribution in [0.1, 0.15) is 12.8 Å². The summed E-state index contributed by atoms with van der Waals surface area (Å²) in [4.78, 5) is 23.9. The fourth-order valence-corrected chi connectivity index (χ4v) is 3.26. The molecule has 5 nitrogen and oxygen atoms in total. The maximum atomic E-state index is 13.1. The number of ether oxygens (including phenoxy) is 1. The van der Waals surface area contributed by atoms with E-state index in [1.54, 1.807) is 0 Å². The summed E-state index contributed by atoms with van der Waals surface area (Å²) in [7, 11) is 0. The lowest BCUT2D eigenvalue weighted by atomic mass is 9.79. The first-order valence-electron chi connectivity index (χ1n) is 6.14. The zero-order chi connectivity index (χ0) is 15.1. The number of halogens is 3. The average molecular weight is 293 g/mol. The van der Waals surface area contributed by atoms with Crippen molar-refractivity contribution in [2.45, 2.75) is 31.1 Å². The Kier molecular flexibility index (Phi) is 3.66. The predicted molar refractivity (Wildman–Crippen MR) is 60.9 cm³/mol. The normalized spacial score (nSPS) is 32.2. The van der Waals surface area contributed by atoms with Gasteiger partial charge in [-0.3, -0.25) is 4.79 Å². The van der Waals surface area contributed by atoms with E-state index >= 15 is 0 Å². The molecule has 2 rings (SSSR count). The molecule has 0 aromatic carbocycles. The molecule has 2 heterocycles. The summed E-state index contributed by atoms with van der Waals surface area (Å²) in [5, 5.41) is 9.05. The van der Waals surface area contributed by atoms with Crippen molar-refractivity contribution in [1.82, 2.24) is 4.90 Å². The molecule has 0 unspecified atom stereocenters. The lowest BCUT2D eigenvalue weighted by Crippen LogP contribution is -2.42. The van der Waals surface area contributed by atoms with Crippen molar-refractivity contribution in [3.05, 3.63) is 12.7 Å². The zero-order valence-electron chi connectivity index (χ0n) is 10.5. The van der Waals surface area contributed by atoms with Gasteiger partial charge in [-0.2, -0.15) is 13.2 Å². The molecule has 20 heavy (non-hydrogen) atoms. The third-order valence-corrected chi connectivity index (χ3v) is 3.89. The fraction of sp³-hybridized carbons (Fsp3) is 0.667. The summed E-state index contributed by atoms with van der Waals surface area (Å²) in [5.74, 6) is -5.18. The summed E-state index contributed by atoms with van der Waals surface area (Å²) in [5.41, 5.74) is 0. The number of carboxylic acids is 1. The smallest absolute Gasteiger partial charge is 0.410 e. The molecule has 0 saturated carbocycles. The van der Waals surface area contributed by atoms with Gasteiger partial charge in [-0.15, -0.1) is 0 Å². The molecule has 0 radical (unpaired) electrons. The first-order chi connectivity index (χ1) is 9.29. The second-order valence-electron chi connectivity index (χ2n) is 4.92. The number of fused-ring (bicyclic) bond motifs is 2. The second kappa shape index (κ2) is 4.99. The van der Waals surface area contributed by atoms with Crippen LogP contribution in [-0.4, -0.2) is 46.9 Å². The van der Waals surface area contributed by atoms with Gasteiger partial charge in [-0.05, 0) is 12.8 Å². The fourth-order valence-electron chi connectivity index (χ4n) is 3.26. The number of aliphatic carboxylic acids is 1. The Labute approximate surface area is 113 Å². The Balaban J connectivity index is 2.27. The first-order valence-corrected chi connectivity index (χ1v) is 6.14. The minimum absolute atomic E-state index is 0.122. The number of carbonyl (C=O) groups excluding carboxylic acids is 1. The van der Waals surface area contributed by atoms with E-state index in [0.29, 0.717) is 0 Å². The molecule has 1 N–H and O–H groups in total. The van der Waals surface area contributed by atoms with Gasteiger partial charge in [-0.25, -0.2) is 4.79 Å². The van der Waals surface area contributed by atoms with Gasteiger partial charge in [0, 0.05) is 12.1 Å². The number of amides is 1. The van der Waals surface area contributed by atoms with E-state index < -0.39 is 42.2 Å². The Morgan fingerprint density at radius 2 is 1.95 bits per heavy atom. The minimum Gasteiger partial charge on any atom is -0.481 e. The van der Waals surface area contributed by atoms with Crippen LogP contribution in [0.4, 0.5) is 18.0 Å². The van der Waals surface area contributed by atoms with E-state index in [4.69, 9.17) is 9.84 Å². The van der Waals surface area contributed by atoms with E-state index in [0.717, 1.165) is 4.90 Å². The summed E-state index contributed by atoms with van der Waals surface area (Å²) in [6.45, 7) is 3.22. The molecule has 112 valence electrons. The molecule has 2 aliphatic heterocycles. The van der Waals surface area contributed by atoms with Gasteiger partial charge in [0.1, 0.15) is 6.61 Å². The minimum atomic E-state index is -4.65. The number of hydrogen-bond donors (Lipinski definition) is 1. The third kappa shape index (κ3) is 2.23. The summed E-state index contributed by atoms with van der Waals surface area (Å²) in [6, 6.07) is -2.11. The van der Waals surface area contributed by atoms with Crippen LogP contribution >= 0.6 is 0 Å². The van der Waals surface area contributed by atoms with Crippen LogP contribution in [0.15, 0.2) is 12.7 Å². The van der Waals surface area contributed by atoms with Crippen molar-refractivity contribution in [3.8, 4) is 0 Å². The van der Waals surface area contributed by atoms with Gasteiger partial charge >= 0.3 is 18.2 Å². The van der Waals surface area contributed by atoms with Gasteiger partial charge in [0.2, 0.25) is 0 Å². The Bertz CT molecular complexity index is 437. The molecule has 8 heteroatoms. The molecule has 0 aromatic heterocycles. The number of nitrogens with zero attached hydrogens (tertiary/aromatic N) is 1. The molecular weight excluding hydrogens is 279 g/mol. The third-order valence-electron chi connectivity index (χ3n) is 3.89. The van der Waals surface area contributed by atoms with Gasteiger partial charge in [-0.1, -0.05) is 12.7 Å². The molecule has 4 atom stereocenters. The number of carbonyl (C=O) groups is 2. The quantitative estimate of drug-likeness (QED) is 0.809. The highest BCUT2D eigenvalue weighted by molar-refractivity contribution is 5.77. The molecule has 2 fully saturated rings. The van der Waals surface area contributed by atoms with E-state index in [1.807, 2.05) is 0 Å². The van der Waals surface area contributed by atoms with E-state index in [9.17, 15) is 22.8 Å². The second-order valence-corrected chi connectivity index (χ2v) is 4.92. The summed E-state index contributed by atoms with van der Waals surface area (Å²) >= 11 is 0. The van der Waals surface area contributed by atoms with Crippen molar-refractivity contribution in [3.63, 3.8) is 0 Å². The van der Waals surface area contributed by atoms with Gasteiger partial charge < -0.3 is 14.7 Å². The van der Waals surface area contributed by atoms with E-state index in [1.165, 1.54) is 6.08 Å². The molecule has 0 aromatic rings. The summed E-state index contributed by atoms with van der Waals surface area (Å²) in [6.07, 6.45) is -3.87. The lowest BCUT2D eigenvalue weighted by Gasteiger charge is -2.27. The van der Waals surface area contributed by atoms with Gasteiger partial charge in [0.15, 0.2) is 0 Å². The number of alkyl halides is 3. The van der Waals surface area contributed by atoms with Crippen molar-refractivity contribution in [2.24, 2.45) is 11.8 Å². The highest BCUT2D eigenvalue weighted by Crippen LogP contribution is 2.52. The molecular formula is C12H14F3NO4. The number of hydrogen-bond acceptors (Lipinski definition) is 3. The highest BCUT2D eigenvalue weighted by Gasteiger charge is 2.66. The number of rotatable bonds is 3. The zero-order valence-corrected chi connectivity index (χ0v) is 10.5. The molecule has 2 aliphatic rings. The largest absolute Gasteiger partial charge is 0.481 e. The van der Waals surface area contributed by atoms with Crippen LogP contribution in [0.5, 0.6) is 0 Å². The Morgan fingerprint density at radius 3 is 2.40 bits per heavy atom.